The number of aliphatic hydroxyl groups excluding tert-OH is 1. The van der Waals surface area contributed by atoms with Crippen molar-refractivity contribution in [2.45, 2.75) is 141 Å². The highest BCUT2D eigenvalue weighted by Gasteiger charge is 2.61. The zero-order valence-corrected chi connectivity index (χ0v) is 35.1. The molecule has 16 heteroatoms. The third kappa shape index (κ3) is 8.53. The van der Waals surface area contributed by atoms with Crippen LogP contribution in [0.1, 0.15) is 80.3 Å². The van der Waals surface area contributed by atoms with E-state index in [2.05, 4.69) is 10.1 Å². The number of rotatable bonds is 7. The number of likely N-dealkylation sites (N-methyl/N-ethyl adjacent to an activating group) is 1. The number of pyridine rings is 1. The van der Waals surface area contributed by atoms with E-state index in [0.717, 1.165) is 0 Å². The number of nitrogens with two attached hydrogens (primary N) is 1. The number of carbonyl (C=O) groups is 3. The molecule has 0 spiro atoms. The first-order valence-electron chi connectivity index (χ1n) is 20.4. The van der Waals surface area contributed by atoms with Crippen molar-refractivity contribution in [2.75, 3.05) is 39.6 Å². The van der Waals surface area contributed by atoms with E-state index >= 15 is 0 Å². The number of hydrogen-bond acceptors (Lipinski definition) is 15. The zero-order valence-electron chi connectivity index (χ0n) is 35.1. The molecule has 318 valence electrons. The first-order chi connectivity index (χ1) is 26.9. The number of fused-ring (bicyclic) bond motifs is 5. The van der Waals surface area contributed by atoms with Crippen LogP contribution in [0.25, 0.3) is 0 Å². The third-order valence-corrected chi connectivity index (χ3v) is 13.0. The normalized spacial score (nSPS) is 42.5. The molecule has 5 saturated heterocycles. The number of anilines is 1. The number of carbonyl (C=O) groups excluding carboxylic acids is 3. The van der Waals surface area contributed by atoms with E-state index in [9.17, 15) is 19.5 Å². The number of oxime groups is 1. The molecule has 6 bridgehead atoms. The molecule has 1 aromatic heterocycles. The number of esters is 1. The molecule has 1 amide bonds. The van der Waals surface area contributed by atoms with Crippen LogP contribution in [0.2, 0.25) is 0 Å². The van der Waals surface area contributed by atoms with Gasteiger partial charge in [0.15, 0.2) is 18.5 Å². The largest absolute Gasteiger partial charge is 0.458 e. The third-order valence-electron chi connectivity index (χ3n) is 13.0. The standard InChI is InChI=1S/C41H63N5O11/c1-11-30-41(8)35-23(4)32(47)21(2)16-40(7)36(56-38-33(48)29(45(9)10)15-22(3)54-38)24(5)34(25(6)37(49)55-30)51-18-26(19-52-40)28(17-46(35)39(50)57-41)44-53-20-27-13-12-14-31(42)43-27/h12-14,21-26,29-30,33-36,38,48H,11,15-20H2,1-10H3,(H2,42,43)/b44-28-/t21-,22-,23+,24+,25-,26?,29+,30-,33-,34+,35+,36-,38+,40?,41?/m1/s1. The van der Waals surface area contributed by atoms with Gasteiger partial charge >= 0.3 is 12.1 Å². The average molecular weight is 802 g/mol. The van der Waals surface area contributed by atoms with Crippen LogP contribution in [0.15, 0.2) is 23.4 Å². The lowest BCUT2D eigenvalue weighted by Gasteiger charge is -2.48. The maximum absolute atomic E-state index is 14.8. The number of ketones is 1. The van der Waals surface area contributed by atoms with Crippen LogP contribution in [0.5, 0.6) is 0 Å². The molecule has 5 fully saturated rings. The average Bonchev–Trinajstić information content (AvgIpc) is 3.43. The van der Waals surface area contributed by atoms with Crippen LogP contribution in [0.3, 0.4) is 0 Å². The van der Waals surface area contributed by atoms with Gasteiger partial charge in [-0.3, -0.25) is 14.5 Å². The predicted molar refractivity (Wildman–Crippen MR) is 208 cm³/mol. The fourth-order valence-corrected chi connectivity index (χ4v) is 9.95. The van der Waals surface area contributed by atoms with E-state index < -0.39 is 89.6 Å². The number of nitrogen functional groups attached to an aromatic ring is 1. The maximum Gasteiger partial charge on any atom is 0.411 e. The summed E-state index contributed by atoms with van der Waals surface area (Å²) in [4.78, 5) is 57.0. The smallest absolute Gasteiger partial charge is 0.411 e. The van der Waals surface area contributed by atoms with Gasteiger partial charge in [-0.2, -0.15) is 0 Å². The van der Waals surface area contributed by atoms with Gasteiger partial charge < -0.3 is 49.0 Å². The Bertz CT molecular complexity index is 1660. The van der Waals surface area contributed by atoms with Gasteiger partial charge in [0.1, 0.15) is 23.8 Å². The van der Waals surface area contributed by atoms with Gasteiger partial charge in [-0.15, -0.1) is 0 Å². The minimum absolute atomic E-state index is 0.0123. The number of aromatic nitrogens is 1. The van der Waals surface area contributed by atoms with Gasteiger partial charge in [0.25, 0.3) is 0 Å². The molecule has 0 radical (unpaired) electrons. The lowest BCUT2D eigenvalue weighted by atomic mass is 9.73. The molecule has 6 heterocycles. The van der Waals surface area contributed by atoms with Crippen molar-refractivity contribution in [1.29, 1.82) is 0 Å². The molecule has 5 aliphatic rings. The van der Waals surface area contributed by atoms with E-state index in [1.165, 1.54) is 4.90 Å². The Kier molecular flexibility index (Phi) is 12.9. The maximum atomic E-state index is 14.8. The van der Waals surface area contributed by atoms with Crippen LogP contribution < -0.4 is 5.73 Å². The van der Waals surface area contributed by atoms with Crippen LogP contribution in [-0.4, -0.2) is 137 Å². The Morgan fingerprint density at radius 1 is 1.09 bits per heavy atom. The minimum Gasteiger partial charge on any atom is -0.458 e. The first kappa shape index (κ1) is 43.2. The zero-order chi connectivity index (χ0) is 41.6. The molecule has 0 aliphatic carbocycles. The lowest BCUT2D eigenvalue weighted by molar-refractivity contribution is -0.302. The first-order valence-corrected chi connectivity index (χ1v) is 20.4. The summed E-state index contributed by atoms with van der Waals surface area (Å²) < 4.78 is 39.6. The number of cyclic esters (lactones) is 1. The lowest BCUT2D eigenvalue weighted by Crippen LogP contribution is -2.61. The second-order valence-electron chi connectivity index (χ2n) is 17.6. The van der Waals surface area contributed by atoms with Crippen molar-refractivity contribution in [3.05, 3.63) is 23.9 Å². The van der Waals surface area contributed by atoms with Gasteiger partial charge in [0.2, 0.25) is 0 Å². The molecule has 5 aliphatic heterocycles. The molecule has 57 heavy (non-hydrogen) atoms. The number of aliphatic hydroxyl groups is 1. The van der Waals surface area contributed by atoms with E-state index in [1.807, 2.05) is 53.6 Å². The number of ether oxygens (including phenoxy) is 6. The van der Waals surface area contributed by atoms with Crippen molar-refractivity contribution >= 4 is 29.4 Å². The molecular formula is C41H63N5O11. The highest BCUT2D eigenvalue weighted by atomic mass is 16.7. The minimum atomic E-state index is -1.40. The second-order valence-corrected chi connectivity index (χ2v) is 17.6. The van der Waals surface area contributed by atoms with E-state index in [1.54, 1.807) is 39.0 Å². The second kappa shape index (κ2) is 17.1. The fraction of sp³-hybridized carbons (Fsp3) is 0.780. The highest BCUT2D eigenvalue weighted by molar-refractivity contribution is 5.92. The van der Waals surface area contributed by atoms with E-state index in [4.69, 9.17) is 39.0 Å². The fourth-order valence-electron chi connectivity index (χ4n) is 9.95. The van der Waals surface area contributed by atoms with Crippen molar-refractivity contribution < 1.29 is 52.7 Å². The monoisotopic (exact) mass is 801 g/mol. The number of amides is 1. The van der Waals surface area contributed by atoms with Crippen LogP contribution in [0.4, 0.5) is 10.6 Å². The summed E-state index contributed by atoms with van der Waals surface area (Å²) >= 11 is 0. The van der Waals surface area contributed by atoms with Crippen molar-refractivity contribution in [3.8, 4) is 0 Å². The highest BCUT2D eigenvalue weighted by Crippen LogP contribution is 2.45. The summed E-state index contributed by atoms with van der Waals surface area (Å²) in [6.45, 7) is 14.8. The molecule has 0 saturated carbocycles. The molecule has 6 rings (SSSR count). The molecule has 3 N–H and O–H groups in total. The molecule has 3 unspecified atom stereocenters. The summed E-state index contributed by atoms with van der Waals surface area (Å²) in [5, 5.41) is 16.3. The van der Waals surface area contributed by atoms with Crippen molar-refractivity contribution in [3.63, 3.8) is 0 Å². The van der Waals surface area contributed by atoms with Gasteiger partial charge in [-0.05, 0) is 73.2 Å². The Balaban J connectivity index is 1.52. The quantitative estimate of drug-likeness (QED) is 0.300. The molecule has 0 aromatic carbocycles. The molecule has 1 aromatic rings. The molecule has 16 nitrogen and oxygen atoms in total. The summed E-state index contributed by atoms with van der Waals surface area (Å²) in [5.41, 5.74) is 4.29. The van der Waals surface area contributed by atoms with Crippen LogP contribution >= 0.6 is 0 Å². The van der Waals surface area contributed by atoms with Crippen LogP contribution in [0, 0.1) is 29.6 Å². The van der Waals surface area contributed by atoms with E-state index in [0.29, 0.717) is 30.1 Å². The van der Waals surface area contributed by atoms with Gasteiger partial charge in [-0.25, -0.2) is 9.78 Å². The number of hydrogen-bond donors (Lipinski definition) is 2. The number of Topliss-reactive ketones (excluding diaryl/α,β-unsaturated/α-hetero) is 1. The van der Waals surface area contributed by atoms with Crippen LogP contribution in [-0.2, 0) is 49.5 Å². The van der Waals surface area contributed by atoms with Crippen molar-refractivity contribution in [1.82, 2.24) is 14.8 Å². The summed E-state index contributed by atoms with van der Waals surface area (Å²) in [5.74, 6) is -3.71. The molecular weight excluding hydrogens is 738 g/mol. The Morgan fingerprint density at radius 3 is 2.51 bits per heavy atom. The number of nitrogens with zero attached hydrogens (tertiary/aromatic N) is 4. The van der Waals surface area contributed by atoms with Gasteiger partial charge in [0, 0.05) is 29.7 Å². The molecule has 15 atom stereocenters. The Hall–Kier alpha value is -3.41. The Morgan fingerprint density at radius 2 is 1.82 bits per heavy atom. The Labute approximate surface area is 336 Å². The summed E-state index contributed by atoms with van der Waals surface area (Å²) in [6.07, 6.45) is -4.40. The van der Waals surface area contributed by atoms with Gasteiger partial charge in [-0.1, -0.05) is 38.9 Å². The SMILES string of the molecule is CC[C@H]1OC(=O)[C@H](C)[C@H]2OCC3COC(C)(C[C@@H](C)C(=O)[C@H](C)[C@@H]4N(C/C3=N/OCc3cccc(N)n3)C(=O)OC41C)[C@H](O[C@@H]1O[C@H](C)C[C@H](N(C)C)[C@H]1O)[C@H]2C. The summed E-state index contributed by atoms with van der Waals surface area (Å²) in [7, 11) is 3.82. The topological polar surface area (TPSA) is 194 Å². The summed E-state index contributed by atoms with van der Waals surface area (Å²) in [6, 6.07) is 4.11. The van der Waals surface area contributed by atoms with Gasteiger partial charge in [0.05, 0.1) is 67.0 Å². The predicted octanol–water partition coefficient (Wildman–Crippen LogP) is 3.57. The van der Waals surface area contributed by atoms with E-state index in [-0.39, 0.29) is 50.7 Å². The van der Waals surface area contributed by atoms with Crippen molar-refractivity contribution in [2.24, 2.45) is 34.7 Å².